The summed E-state index contributed by atoms with van der Waals surface area (Å²) in [4.78, 5) is 0. The molecule has 0 aliphatic carbocycles. The second-order valence-corrected chi connectivity index (χ2v) is 3.31. The van der Waals surface area contributed by atoms with Crippen LogP contribution in [0.1, 0.15) is 5.56 Å². The Labute approximate surface area is 88.0 Å². The van der Waals surface area contributed by atoms with Crippen LogP contribution >= 0.6 is 0 Å². The van der Waals surface area contributed by atoms with E-state index in [9.17, 15) is 0 Å². The molecule has 6 nitrogen and oxygen atoms in total. The monoisotopic (exact) mass is 232 g/mol. The number of nitrogens with one attached hydrogen (secondary N) is 1. The van der Waals surface area contributed by atoms with Crippen molar-refractivity contribution in [1.82, 2.24) is 0 Å². The smallest absolute Gasteiger partial charge is 0.324 e. The molecule has 0 amide bonds. The number of anilines is 1. The fraction of sp³-hybridized carbons (Fsp3) is 0. The summed E-state index contributed by atoms with van der Waals surface area (Å²) in [7, 11) is -4.67. The van der Waals surface area contributed by atoms with E-state index in [0.717, 1.165) is 11.3 Å². The average Bonchev–Trinajstić information content (AvgIpc) is 2.15. The van der Waals surface area contributed by atoms with Gasteiger partial charge in [0.15, 0.2) is 0 Å². The maximum Gasteiger partial charge on any atom is 0.394 e. The van der Waals surface area contributed by atoms with E-state index in [2.05, 4.69) is 12.0 Å². The first-order valence-electron chi connectivity index (χ1n) is 3.76. The molecule has 0 aromatic heterocycles. The highest BCUT2D eigenvalue weighted by atomic mass is 32.3. The molecule has 0 saturated heterocycles. The normalized spacial score (nSPS) is 9.80. The Hall–Kier alpha value is -1.41. The second-order valence-electron chi connectivity index (χ2n) is 2.42. The molecule has 0 heterocycles. The quantitative estimate of drug-likeness (QED) is 0.343. The van der Waals surface area contributed by atoms with Crippen molar-refractivity contribution in [2.45, 2.75) is 0 Å². The van der Waals surface area contributed by atoms with Gasteiger partial charge in [-0.15, -0.1) is 0 Å². The van der Waals surface area contributed by atoms with E-state index in [-0.39, 0.29) is 0 Å². The summed E-state index contributed by atoms with van der Waals surface area (Å²) < 4.78 is 31.6. The first-order chi connectivity index (χ1) is 6.86. The SMILES string of the molecule is C=Cc1ccc(NN)cc1.O=S(=O)(O)O. The Bertz CT molecular complexity index is 391. The van der Waals surface area contributed by atoms with Gasteiger partial charge in [0, 0.05) is 5.69 Å². The van der Waals surface area contributed by atoms with Gasteiger partial charge in [-0.25, -0.2) is 0 Å². The number of hydrazine groups is 1. The third kappa shape index (κ3) is 8.91. The van der Waals surface area contributed by atoms with Crippen LogP contribution in [0.4, 0.5) is 5.69 Å². The van der Waals surface area contributed by atoms with Crippen LogP contribution in [-0.2, 0) is 10.4 Å². The molecule has 0 unspecified atom stereocenters. The van der Waals surface area contributed by atoms with Crippen LogP contribution in [0.2, 0.25) is 0 Å². The van der Waals surface area contributed by atoms with Crippen molar-refractivity contribution in [3.05, 3.63) is 36.4 Å². The van der Waals surface area contributed by atoms with E-state index in [1.165, 1.54) is 0 Å². The number of hydrogen-bond donors (Lipinski definition) is 4. The predicted molar refractivity (Wildman–Crippen MR) is 58.5 cm³/mol. The van der Waals surface area contributed by atoms with Gasteiger partial charge in [0.25, 0.3) is 0 Å². The van der Waals surface area contributed by atoms with Gasteiger partial charge in [0.1, 0.15) is 0 Å². The van der Waals surface area contributed by atoms with Gasteiger partial charge in [0.05, 0.1) is 0 Å². The summed E-state index contributed by atoms with van der Waals surface area (Å²) in [6.07, 6.45) is 1.79. The molecular weight excluding hydrogens is 220 g/mol. The van der Waals surface area contributed by atoms with Crippen LogP contribution in [0.5, 0.6) is 0 Å². The molecule has 0 spiro atoms. The summed E-state index contributed by atoms with van der Waals surface area (Å²) in [6.45, 7) is 3.63. The van der Waals surface area contributed by atoms with Gasteiger partial charge >= 0.3 is 10.4 Å². The lowest BCUT2D eigenvalue weighted by atomic mass is 10.2. The number of nitrogens with two attached hydrogens (primary N) is 1. The van der Waals surface area contributed by atoms with Gasteiger partial charge in [-0.1, -0.05) is 24.8 Å². The minimum Gasteiger partial charge on any atom is -0.324 e. The van der Waals surface area contributed by atoms with Gasteiger partial charge < -0.3 is 5.43 Å². The maximum atomic E-state index is 8.74. The van der Waals surface area contributed by atoms with Crippen molar-refractivity contribution in [3.63, 3.8) is 0 Å². The average molecular weight is 232 g/mol. The minimum absolute atomic E-state index is 0.908. The van der Waals surface area contributed by atoms with Crippen molar-refractivity contribution in [1.29, 1.82) is 0 Å². The van der Waals surface area contributed by atoms with Gasteiger partial charge in [-0.3, -0.25) is 14.9 Å². The molecule has 1 rings (SSSR count). The summed E-state index contributed by atoms with van der Waals surface area (Å²) >= 11 is 0. The molecule has 0 saturated carbocycles. The lowest BCUT2D eigenvalue weighted by Crippen LogP contribution is -2.05. The molecule has 1 aromatic carbocycles. The number of hydrogen-bond acceptors (Lipinski definition) is 4. The van der Waals surface area contributed by atoms with Crippen molar-refractivity contribution in [2.75, 3.05) is 5.43 Å². The highest BCUT2D eigenvalue weighted by Crippen LogP contribution is 2.07. The third-order valence-corrected chi connectivity index (χ3v) is 1.31. The molecule has 0 radical (unpaired) electrons. The molecule has 7 heteroatoms. The van der Waals surface area contributed by atoms with Crippen molar-refractivity contribution >= 4 is 22.2 Å². The Morgan fingerprint density at radius 2 is 1.67 bits per heavy atom. The lowest BCUT2D eigenvalue weighted by molar-refractivity contribution is 0.381. The van der Waals surface area contributed by atoms with E-state index in [0.29, 0.717) is 0 Å². The van der Waals surface area contributed by atoms with Crippen LogP contribution in [0, 0.1) is 0 Å². The first kappa shape index (κ1) is 13.6. The molecule has 84 valence electrons. The second kappa shape index (κ2) is 6.14. The molecule has 0 atom stereocenters. The summed E-state index contributed by atoms with van der Waals surface area (Å²) in [5.41, 5.74) is 4.55. The highest BCUT2D eigenvalue weighted by molar-refractivity contribution is 7.79. The lowest BCUT2D eigenvalue weighted by Gasteiger charge is -1.97. The van der Waals surface area contributed by atoms with E-state index >= 15 is 0 Å². The topological polar surface area (TPSA) is 113 Å². The Morgan fingerprint density at radius 1 is 1.27 bits per heavy atom. The van der Waals surface area contributed by atoms with Gasteiger partial charge in [0.2, 0.25) is 0 Å². The van der Waals surface area contributed by atoms with Gasteiger partial charge in [-0.2, -0.15) is 8.42 Å². The van der Waals surface area contributed by atoms with Crippen molar-refractivity contribution in [2.24, 2.45) is 5.84 Å². The maximum absolute atomic E-state index is 8.74. The fourth-order valence-electron chi connectivity index (χ4n) is 0.715. The Morgan fingerprint density at radius 3 is 1.93 bits per heavy atom. The molecule has 15 heavy (non-hydrogen) atoms. The van der Waals surface area contributed by atoms with E-state index in [1.54, 1.807) is 6.08 Å². The van der Waals surface area contributed by atoms with E-state index in [4.69, 9.17) is 23.4 Å². The zero-order chi connectivity index (χ0) is 11.9. The predicted octanol–water partition coefficient (Wildman–Crippen LogP) is 0.962. The Balaban J connectivity index is 0.000000336. The van der Waals surface area contributed by atoms with Crippen LogP contribution < -0.4 is 11.3 Å². The molecule has 0 bridgehead atoms. The summed E-state index contributed by atoms with van der Waals surface area (Å²) in [5.74, 6) is 5.17. The number of rotatable bonds is 2. The third-order valence-electron chi connectivity index (χ3n) is 1.31. The summed E-state index contributed by atoms with van der Waals surface area (Å²) in [6, 6.07) is 7.69. The molecule has 0 aliphatic rings. The zero-order valence-corrected chi connectivity index (χ0v) is 8.61. The van der Waals surface area contributed by atoms with E-state index < -0.39 is 10.4 Å². The standard InChI is InChI=1S/C8H10N2.H2O4S/c1-2-7-3-5-8(10-9)6-4-7;1-5(2,3)4/h2-6,10H,1,9H2;(H2,1,2,3,4). The van der Waals surface area contributed by atoms with Crippen LogP contribution in [-0.4, -0.2) is 17.5 Å². The highest BCUT2D eigenvalue weighted by Gasteiger charge is 1.86. The van der Waals surface area contributed by atoms with Crippen LogP contribution in [0.15, 0.2) is 30.8 Å². The molecule has 0 aliphatic heterocycles. The molecule has 5 N–H and O–H groups in total. The summed E-state index contributed by atoms with van der Waals surface area (Å²) in [5, 5.41) is 0. The molecular formula is C8H12N2O4S. The Kier molecular flexibility index (Phi) is 5.57. The molecule has 0 fully saturated rings. The van der Waals surface area contributed by atoms with Crippen molar-refractivity contribution < 1.29 is 17.5 Å². The minimum atomic E-state index is -4.67. The largest absolute Gasteiger partial charge is 0.394 e. The zero-order valence-electron chi connectivity index (χ0n) is 7.79. The van der Waals surface area contributed by atoms with Crippen LogP contribution in [0.25, 0.3) is 6.08 Å². The number of nitrogen functional groups attached to an aromatic ring is 1. The fourth-order valence-corrected chi connectivity index (χ4v) is 0.715. The van der Waals surface area contributed by atoms with Crippen LogP contribution in [0.3, 0.4) is 0 Å². The van der Waals surface area contributed by atoms with Gasteiger partial charge in [-0.05, 0) is 17.7 Å². The van der Waals surface area contributed by atoms with Crippen molar-refractivity contribution in [3.8, 4) is 0 Å². The van der Waals surface area contributed by atoms with E-state index in [1.807, 2.05) is 24.3 Å². The number of benzene rings is 1. The molecule has 1 aromatic rings. The first-order valence-corrected chi connectivity index (χ1v) is 5.15.